The Bertz CT molecular complexity index is 316. The lowest BCUT2D eigenvalue weighted by molar-refractivity contribution is 0.0952. The molecule has 0 aliphatic heterocycles. The molecule has 15 heavy (non-hydrogen) atoms. The van der Waals surface area contributed by atoms with Crippen LogP contribution in [0.1, 0.15) is 30.6 Å². The number of rotatable bonds is 4. The summed E-state index contributed by atoms with van der Waals surface area (Å²) in [6, 6.07) is 9.26. The zero-order valence-electron chi connectivity index (χ0n) is 9.09. The van der Waals surface area contributed by atoms with Crippen LogP contribution in [0, 0.1) is 0 Å². The van der Waals surface area contributed by atoms with E-state index < -0.39 is 0 Å². The van der Waals surface area contributed by atoms with Crippen LogP contribution in [0.5, 0.6) is 0 Å². The molecule has 0 atom stereocenters. The molecule has 0 fully saturated rings. The summed E-state index contributed by atoms with van der Waals surface area (Å²) in [5.74, 6) is -0.00708. The average Bonchev–Trinajstić information content (AvgIpc) is 2.17. The molecule has 0 aliphatic rings. The molecule has 3 heteroatoms. The van der Waals surface area contributed by atoms with Crippen LogP contribution in [0.15, 0.2) is 30.3 Å². The number of halogens is 1. The van der Waals surface area contributed by atoms with Crippen LogP contribution >= 0.6 is 15.9 Å². The van der Waals surface area contributed by atoms with Gasteiger partial charge in [-0.25, -0.2) is 0 Å². The number of nitrogens with one attached hydrogen (secondary N) is 1. The largest absolute Gasteiger partial charge is 0.352 e. The minimum atomic E-state index is -0.00708. The van der Waals surface area contributed by atoms with Gasteiger partial charge in [-0.05, 0) is 18.6 Å². The summed E-state index contributed by atoms with van der Waals surface area (Å²) in [6.07, 6.45) is 0.908. The lowest BCUT2D eigenvalue weighted by Crippen LogP contribution is -2.28. The fourth-order valence-corrected chi connectivity index (χ4v) is 1.36. The normalized spacial score (nSPS) is 11.1. The number of hydrogen-bond donors (Lipinski definition) is 1. The Morgan fingerprint density at radius 2 is 1.93 bits per heavy atom. The Kier molecular flexibility index (Phi) is 4.33. The molecule has 0 heterocycles. The fraction of sp³-hybridized carbons (Fsp3) is 0.417. The monoisotopic (exact) mass is 269 g/mol. The van der Waals surface area contributed by atoms with Crippen molar-refractivity contribution >= 4 is 21.8 Å². The number of carbonyl (C=O) groups is 1. The minimum Gasteiger partial charge on any atom is -0.352 e. The molecule has 2 nitrogen and oxygen atoms in total. The number of alkyl halides is 1. The third-order valence-corrected chi connectivity index (χ3v) is 2.44. The Balaban J connectivity index is 2.38. The summed E-state index contributed by atoms with van der Waals surface area (Å²) >= 11 is 3.53. The van der Waals surface area contributed by atoms with Gasteiger partial charge in [0.25, 0.3) is 5.91 Å². The van der Waals surface area contributed by atoms with Crippen molar-refractivity contribution < 1.29 is 4.79 Å². The van der Waals surface area contributed by atoms with Crippen molar-refractivity contribution in [1.29, 1.82) is 0 Å². The van der Waals surface area contributed by atoms with Crippen molar-refractivity contribution in [2.24, 2.45) is 0 Å². The van der Waals surface area contributed by atoms with E-state index in [2.05, 4.69) is 35.1 Å². The molecular formula is C12H16BrNO. The quantitative estimate of drug-likeness (QED) is 0.837. The first-order chi connectivity index (χ1) is 6.99. The van der Waals surface area contributed by atoms with E-state index in [1.807, 2.05) is 30.3 Å². The van der Waals surface area contributed by atoms with Crippen molar-refractivity contribution in [3.8, 4) is 0 Å². The molecule has 0 spiro atoms. The van der Waals surface area contributed by atoms with Gasteiger partial charge in [-0.3, -0.25) is 4.79 Å². The SMILES string of the molecule is CC(C)(Br)CCNC(=O)c1ccccc1. The Labute approximate surface area is 99.2 Å². The molecule has 0 saturated carbocycles. The van der Waals surface area contributed by atoms with Gasteiger partial charge in [0.2, 0.25) is 0 Å². The molecule has 1 rings (SSSR count). The van der Waals surface area contributed by atoms with Crippen LogP contribution in [0.3, 0.4) is 0 Å². The molecule has 0 radical (unpaired) electrons. The predicted octanol–water partition coefficient (Wildman–Crippen LogP) is 2.98. The van der Waals surface area contributed by atoms with Gasteiger partial charge in [0.05, 0.1) is 0 Å². The Hall–Kier alpha value is -0.830. The first kappa shape index (κ1) is 12.2. The van der Waals surface area contributed by atoms with E-state index in [4.69, 9.17) is 0 Å². The lowest BCUT2D eigenvalue weighted by atomic mass is 10.1. The molecule has 1 aromatic carbocycles. The number of hydrogen-bond acceptors (Lipinski definition) is 1. The maximum absolute atomic E-state index is 11.6. The summed E-state index contributed by atoms with van der Waals surface area (Å²) in [5, 5.41) is 2.89. The summed E-state index contributed by atoms with van der Waals surface area (Å²) in [7, 11) is 0. The molecule has 1 aromatic rings. The second-order valence-electron chi connectivity index (χ2n) is 4.09. The van der Waals surface area contributed by atoms with E-state index in [0.717, 1.165) is 6.42 Å². The van der Waals surface area contributed by atoms with Crippen molar-refractivity contribution in [1.82, 2.24) is 5.32 Å². The number of carbonyl (C=O) groups excluding carboxylic acids is 1. The van der Waals surface area contributed by atoms with Crippen LogP contribution in [-0.2, 0) is 0 Å². The minimum absolute atomic E-state index is 0.00708. The van der Waals surface area contributed by atoms with Crippen molar-refractivity contribution in [2.45, 2.75) is 24.6 Å². The van der Waals surface area contributed by atoms with Crippen LogP contribution in [0.2, 0.25) is 0 Å². The van der Waals surface area contributed by atoms with Crippen molar-refractivity contribution in [2.75, 3.05) is 6.54 Å². The van der Waals surface area contributed by atoms with Crippen LogP contribution in [-0.4, -0.2) is 16.8 Å². The smallest absolute Gasteiger partial charge is 0.251 e. The summed E-state index contributed by atoms with van der Waals surface area (Å²) in [4.78, 5) is 11.6. The van der Waals surface area contributed by atoms with Gasteiger partial charge in [-0.15, -0.1) is 0 Å². The molecule has 0 aliphatic carbocycles. The van der Waals surface area contributed by atoms with Crippen LogP contribution in [0.4, 0.5) is 0 Å². The zero-order chi connectivity index (χ0) is 11.3. The second kappa shape index (κ2) is 5.31. The standard InChI is InChI=1S/C12H16BrNO/c1-12(2,13)8-9-14-11(15)10-6-4-3-5-7-10/h3-7H,8-9H2,1-2H3,(H,14,15). The van der Waals surface area contributed by atoms with E-state index >= 15 is 0 Å². The maximum Gasteiger partial charge on any atom is 0.251 e. The first-order valence-electron chi connectivity index (χ1n) is 5.01. The molecule has 1 N–H and O–H groups in total. The third-order valence-electron chi connectivity index (χ3n) is 2.04. The molecule has 0 unspecified atom stereocenters. The predicted molar refractivity (Wildman–Crippen MR) is 66.4 cm³/mol. The van der Waals surface area contributed by atoms with Gasteiger partial charge in [-0.2, -0.15) is 0 Å². The van der Waals surface area contributed by atoms with E-state index in [-0.39, 0.29) is 10.2 Å². The number of amides is 1. The number of benzene rings is 1. The molecule has 82 valence electrons. The van der Waals surface area contributed by atoms with Gasteiger partial charge in [0.15, 0.2) is 0 Å². The highest BCUT2D eigenvalue weighted by Crippen LogP contribution is 2.19. The Morgan fingerprint density at radius 1 is 1.33 bits per heavy atom. The summed E-state index contributed by atoms with van der Waals surface area (Å²) in [6.45, 7) is 4.86. The Morgan fingerprint density at radius 3 is 2.47 bits per heavy atom. The van der Waals surface area contributed by atoms with Gasteiger partial charge in [0, 0.05) is 16.4 Å². The van der Waals surface area contributed by atoms with Crippen LogP contribution in [0.25, 0.3) is 0 Å². The van der Waals surface area contributed by atoms with Gasteiger partial charge >= 0.3 is 0 Å². The highest BCUT2D eigenvalue weighted by molar-refractivity contribution is 9.10. The molecule has 0 aromatic heterocycles. The zero-order valence-corrected chi connectivity index (χ0v) is 10.7. The fourth-order valence-electron chi connectivity index (χ4n) is 1.16. The average molecular weight is 270 g/mol. The topological polar surface area (TPSA) is 29.1 Å². The summed E-state index contributed by atoms with van der Waals surface area (Å²) in [5.41, 5.74) is 0.713. The van der Waals surface area contributed by atoms with Gasteiger partial charge in [0.1, 0.15) is 0 Å². The maximum atomic E-state index is 11.6. The molecular weight excluding hydrogens is 254 g/mol. The highest BCUT2D eigenvalue weighted by Gasteiger charge is 2.12. The van der Waals surface area contributed by atoms with Gasteiger partial charge in [-0.1, -0.05) is 48.0 Å². The lowest BCUT2D eigenvalue weighted by Gasteiger charge is -2.15. The van der Waals surface area contributed by atoms with E-state index in [0.29, 0.717) is 12.1 Å². The molecule has 0 bridgehead atoms. The third kappa shape index (κ3) is 4.98. The highest BCUT2D eigenvalue weighted by atomic mass is 79.9. The second-order valence-corrected chi connectivity index (χ2v) is 6.24. The first-order valence-corrected chi connectivity index (χ1v) is 5.80. The molecule has 1 amide bonds. The van der Waals surface area contributed by atoms with Crippen LogP contribution < -0.4 is 5.32 Å². The van der Waals surface area contributed by atoms with Crippen molar-refractivity contribution in [3.63, 3.8) is 0 Å². The molecule has 0 saturated heterocycles. The van der Waals surface area contributed by atoms with E-state index in [1.165, 1.54) is 0 Å². The van der Waals surface area contributed by atoms with Crippen molar-refractivity contribution in [3.05, 3.63) is 35.9 Å². The van der Waals surface area contributed by atoms with E-state index in [1.54, 1.807) is 0 Å². The summed E-state index contributed by atoms with van der Waals surface area (Å²) < 4.78 is 0.0803. The van der Waals surface area contributed by atoms with E-state index in [9.17, 15) is 4.79 Å². The van der Waals surface area contributed by atoms with Gasteiger partial charge < -0.3 is 5.32 Å².